The first-order valence-corrected chi connectivity index (χ1v) is 12.3. The topological polar surface area (TPSA) is 85.0 Å². The van der Waals surface area contributed by atoms with E-state index in [1.54, 1.807) is 24.5 Å². The fourth-order valence-electron chi connectivity index (χ4n) is 5.87. The van der Waals surface area contributed by atoms with Crippen LogP contribution in [0.1, 0.15) is 38.3 Å². The summed E-state index contributed by atoms with van der Waals surface area (Å²) in [7, 11) is 0. The molecule has 3 aromatic rings. The van der Waals surface area contributed by atoms with Gasteiger partial charge in [0, 0.05) is 28.6 Å². The number of rotatable bonds is 4. The van der Waals surface area contributed by atoms with Crippen LogP contribution < -0.4 is 5.32 Å². The maximum atomic E-state index is 10.1. The van der Waals surface area contributed by atoms with E-state index in [1.807, 2.05) is 24.5 Å². The number of halogens is 3. The lowest BCUT2D eigenvalue weighted by molar-refractivity contribution is -0.182. The molecule has 2 aromatic heterocycles. The number of fused-ring (bicyclic) bond motifs is 4. The van der Waals surface area contributed by atoms with Gasteiger partial charge in [0.15, 0.2) is 11.4 Å². The largest absolute Gasteiger partial charge is 0.379 e. The molecule has 1 saturated heterocycles. The predicted molar refractivity (Wildman–Crippen MR) is 130 cm³/mol. The summed E-state index contributed by atoms with van der Waals surface area (Å²) in [6.45, 7) is 4.23. The third-order valence-corrected chi connectivity index (χ3v) is 8.22. The van der Waals surface area contributed by atoms with Crippen LogP contribution >= 0.6 is 34.8 Å². The summed E-state index contributed by atoms with van der Waals surface area (Å²) in [5, 5.41) is 15.1. The van der Waals surface area contributed by atoms with Gasteiger partial charge < -0.3 is 19.4 Å². The highest BCUT2D eigenvalue weighted by Gasteiger charge is 2.71. The van der Waals surface area contributed by atoms with E-state index in [9.17, 15) is 5.26 Å². The molecule has 0 amide bonds. The Kier molecular flexibility index (Phi) is 5.08. The summed E-state index contributed by atoms with van der Waals surface area (Å²) in [5.41, 5.74) is 2.38. The summed E-state index contributed by atoms with van der Waals surface area (Å²) in [6.07, 6.45) is 2.96. The van der Waals surface area contributed by atoms with Crippen LogP contribution in [-0.4, -0.2) is 32.5 Å². The molecule has 10 heteroatoms. The molecule has 34 heavy (non-hydrogen) atoms. The van der Waals surface area contributed by atoms with Crippen molar-refractivity contribution in [3.8, 4) is 6.07 Å². The summed E-state index contributed by atoms with van der Waals surface area (Å²) in [4.78, 5) is 9.29. The van der Waals surface area contributed by atoms with Gasteiger partial charge in [0.05, 0.1) is 29.5 Å². The van der Waals surface area contributed by atoms with Gasteiger partial charge in [-0.1, -0.05) is 34.8 Å². The van der Waals surface area contributed by atoms with Crippen molar-refractivity contribution >= 4 is 51.7 Å². The van der Waals surface area contributed by atoms with E-state index >= 15 is 0 Å². The lowest BCUT2D eigenvalue weighted by atomic mass is 9.61. The molecule has 0 spiro atoms. The molecule has 3 heterocycles. The van der Waals surface area contributed by atoms with Gasteiger partial charge in [0.1, 0.15) is 22.9 Å². The molecule has 0 unspecified atom stereocenters. The van der Waals surface area contributed by atoms with Crippen LogP contribution in [0.5, 0.6) is 0 Å². The van der Waals surface area contributed by atoms with Gasteiger partial charge in [-0.2, -0.15) is 5.26 Å². The average Bonchev–Trinajstić information content (AvgIpc) is 3.36. The van der Waals surface area contributed by atoms with Crippen LogP contribution in [0.2, 0.25) is 15.2 Å². The van der Waals surface area contributed by atoms with Crippen molar-refractivity contribution in [2.24, 2.45) is 11.3 Å². The second-order valence-electron chi connectivity index (χ2n) is 9.71. The van der Waals surface area contributed by atoms with Gasteiger partial charge in [-0.05, 0) is 50.5 Å². The van der Waals surface area contributed by atoms with Crippen LogP contribution in [0, 0.1) is 22.7 Å². The first kappa shape index (κ1) is 22.4. The number of anilines is 1. The lowest BCUT2D eigenvalue weighted by Crippen LogP contribution is -2.45. The number of ether oxygens (including phenoxy) is 2. The van der Waals surface area contributed by atoms with Crippen molar-refractivity contribution in [2.75, 3.05) is 5.32 Å². The zero-order chi connectivity index (χ0) is 23.8. The summed E-state index contributed by atoms with van der Waals surface area (Å²) in [6, 6.07) is 9.55. The van der Waals surface area contributed by atoms with Crippen LogP contribution in [0.15, 0.2) is 30.6 Å². The highest BCUT2D eigenvalue weighted by molar-refractivity contribution is 6.33. The standard InChI is InChI=1S/C24H22Cl3N5O2/c1-23(2)33-20-19(14-5-6-24(14,10-28)21(20)34-23)32-11-30-18-16(8-17(27)31-22(18)32)29-9-12-7-13(25)3-4-15(12)26/h3-4,7-8,11,14,19-21H,5-6,9H2,1-2H3,(H,29,31)/t14-,19-,20+,21+,24+/m1/s1. The Hall–Kier alpha value is -2.08. The van der Waals surface area contributed by atoms with Crippen LogP contribution in [0.25, 0.3) is 11.2 Å². The number of imidazole rings is 1. The quantitative estimate of drug-likeness (QED) is 0.427. The Bertz CT molecular complexity index is 1350. The van der Waals surface area contributed by atoms with Crippen LogP contribution in [-0.2, 0) is 16.0 Å². The highest BCUT2D eigenvalue weighted by Crippen LogP contribution is 2.66. The molecular formula is C24H22Cl3N5O2. The smallest absolute Gasteiger partial charge is 0.164 e. The second kappa shape index (κ2) is 7.71. The van der Waals surface area contributed by atoms with E-state index in [2.05, 4.69) is 21.4 Å². The first-order valence-electron chi connectivity index (χ1n) is 11.2. The Morgan fingerprint density at radius 3 is 2.79 bits per heavy atom. The molecule has 5 atom stereocenters. The third-order valence-electron chi connectivity index (χ3n) is 7.42. The molecule has 6 rings (SSSR count). The number of aromatic nitrogens is 3. The molecule has 0 radical (unpaired) electrons. The number of nitrogens with zero attached hydrogens (tertiary/aromatic N) is 4. The zero-order valence-electron chi connectivity index (χ0n) is 18.6. The molecular weight excluding hydrogens is 497 g/mol. The van der Waals surface area contributed by atoms with Gasteiger partial charge in [0.25, 0.3) is 0 Å². The minimum Gasteiger partial charge on any atom is -0.379 e. The Morgan fingerprint density at radius 2 is 2.06 bits per heavy atom. The van der Waals surface area contributed by atoms with E-state index in [0.717, 1.165) is 24.1 Å². The first-order chi connectivity index (χ1) is 16.2. The molecule has 2 saturated carbocycles. The van der Waals surface area contributed by atoms with E-state index in [0.29, 0.717) is 32.9 Å². The number of nitrogens with one attached hydrogen (secondary N) is 1. The molecule has 176 valence electrons. The van der Waals surface area contributed by atoms with Gasteiger partial charge in [-0.3, -0.25) is 0 Å². The minimum absolute atomic E-state index is 0.100. The minimum atomic E-state index is -0.748. The molecule has 0 bridgehead atoms. The fraction of sp³-hybridized carbons (Fsp3) is 0.458. The predicted octanol–water partition coefficient (Wildman–Crippen LogP) is 6.00. The molecule has 7 nitrogen and oxygen atoms in total. The molecule has 3 fully saturated rings. The van der Waals surface area contributed by atoms with Crippen LogP contribution in [0.3, 0.4) is 0 Å². The Morgan fingerprint density at radius 1 is 1.24 bits per heavy atom. The second-order valence-corrected chi connectivity index (χ2v) is 10.9. The van der Waals surface area contributed by atoms with Gasteiger partial charge in [0.2, 0.25) is 0 Å². The van der Waals surface area contributed by atoms with Crippen molar-refractivity contribution in [1.82, 2.24) is 14.5 Å². The molecule has 1 aromatic carbocycles. The van der Waals surface area contributed by atoms with E-state index < -0.39 is 11.2 Å². The maximum Gasteiger partial charge on any atom is 0.164 e. The lowest BCUT2D eigenvalue weighted by Gasteiger charge is -2.44. The Balaban J connectivity index is 1.38. The van der Waals surface area contributed by atoms with Crippen molar-refractivity contribution in [3.63, 3.8) is 0 Å². The monoisotopic (exact) mass is 517 g/mol. The number of nitriles is 1. The summed E-state index contributed by atoms with van der Waals surface area (Å²) in [5.74, 6) is -0.647. The zero-order valence-corrected chi connectivity index (χ0v) is 20.8. The molecule has 2 aliphatic carbocycles. The fourth-order valence-corrected chi connectivity index (χ4v) is 6.44. The van der Waals surface area contributed by atoms with E-state index in [1.165, 1.54) is 0 Å². The number of pyridine rings is 1. The SMILES string of the molecule is CC1(C)O[C@H]2[C@H](n3cnc4c(NCc5cc(Cl)ccc5Cl)cc(Cl)nc43)[C@H]3CC[C@@]3(C#N)[C@H]2O1. The maximum absolute atomic E-state index is 10.1. The van der Waals surface area contributed by atoms with Gasteiger partial charge >= 0.3 is 0 Å². The molecule has 1 N–H and O–H groups in total. The van der Waals surface area contributed by atoms with Crippen molar-refractivity contribution in [3.05, 3.63) is 51.4 Å². The van der Waals surface area contributed by atoms with Crippen molar-refractivity contribution < 1.29 is 9.47 Å². The van der Waals surface area contributed by atoms with E-state index in [-0.39, 0.29) is 24.2 Å². The van der Waals surface area contributed by atoms with Gasteiger partial charge in [-0.25, -0.2) is 9.97 Å². The number of benzene rings is 1. The normalized spacial score (nSPS) is 31.1. The number of hydrogen-bond acceptors (Lipinski definition) is 6. The van der Waals surface area contributed by atoms with E-state index in [4.69, 9.17) is 44.3 Å². The van der Waals surface area contributed by atoms with Crippen LogP contribution in [0.4, 0.5) is 5.69 Å². The highest BCUT2D eigenvalue weighted by atomic mass is 35.5. The van der Waals surface area contributed by atoms with Crippen molar-refractivity contribution in [1.29, 1.82) is 5.26 Å². The Labute approximate surface area is 211 Å². The molecule has 1 aliphatic heterocycles. The summed E-state index contributed by atoms with van der Waals surface area (Å²) >= 11 is 18.9. The van der Waals surface area contributed by atoms with Gasteiger partial charge in [-0.15, -0.1) is 0 Å². The third kappa shape index (κ3) is 3.24. The average molecular weight is 519 g/mol. The van der Waals surface area contributed by atoms with Crippen molar-refractivity contribution in [2.45, 2.75) is 57.3 Å². The number of hydrogen-bond donors (Lipinski definition) is 1. The molecule has 3 aliphatic rings. The summed E-state index contributed by atoms with van der Waals surface area (Å²) < 4.78 is 14.6.